The van der Waals surface area contributed by atoms with Crippen LogP contribution < -0.4 is 27.7 Å². The second kappa shape index (κ2) is 9.46. The van der Waals surface area contributed by atoms with Crippen molar-refractivity contribution in [2.45, 2.75) is 24.5 Å². The summed E-state index contributed by atoms with van der Waals surface area (Å²) in [7, 11) is 0. The van der Waals surface area contributed by atoms with Gasteiger partial charge in [-0.3, -0.25) is 0 Å². The van der Waals surface area contributed by atoms with E-state index in [0.29, 0.717) is 34.1 Å². The van der Waals surface area contributed by atoms with Crippen LogP contribution in [-0.4, -0.2) is 34.1 Å². The first-order valence-electron chi connectivity index (χ1n) is 9.81. The summed E-state index contributed by atoms with van der Waals surface area (Å²) in [5.74, 6) is -0.280. The maximum atomic E-state index is 11.0. The van der Waals surface area contributed by atoms with Gasteiger partial charge in [-0.1, -0.05) is 12.1 Å². The van der Waals surface area contributed by atoms with Crippen LogP contribution in [-0.2, 0) is 6.42 Å². The van der Waals surface area contributed by atoms with Crippen LogP contribution in [0.2, 0.25) is 0 Å². The number of phenols is 1. The standard InChI is InChI=1S/C23H28N4O4/c24-14-3-7-18(26)17(10-14)23(20(29)9-13-1-5-16(28)6-2-13)21(30)12-31-22-8-4-15(25)11-19(22)27/h1-8,10-11,20-21,23,28-30H,9,12,24-27H2. The summed E-state index contributed by atoms with van der Waals surface area (Å²) < 4.78 is 5.70. The van der Waals surface area contributed by atoms with E-state index in [1.165, 1.54) is 12.1 Å². The molecule has 31 heavy (non-hydrogen) atoms. The fraction of sp³-hybridized carbons (Fsp3) is 0.217. The first-order valence-corrected chi connectivity index (χ1v) is 9.81. The summed E-state index contributed by atoms with van der Waals surface area (Å²) in [6.45, 7) is -0.139. The Hall–Kier alpha value is -3.62. The summed E-state index contributed by atoms with van der Waals surface area (Å²) in [6, 6.07) is 16.2. The Morgan fingerprint density at radius 1 is 0.742 bits per heavy atom. The molecule has 0 spiro atoms. The molecule has 0 radical (unpaired) electrons. The predicted octanol–water partition coefficient (Wildman–Crippen LogP) is 1.85. The van der Waals surface area contributed by atoms with Gasteiger partial charge in [-0.2, -0.15) is 0 Å². The Morgan fingerprint density at radius 3 is 2.06 bits per heavy atom. The minimum absolute atomic E-state index is 0.129. The van der Waals surface area contributed by atoms with Gasteiger partial charge < -0.3 is 43.0 Å². The lowest BCUT2D eigenvalue weighted by molar-refractivity contribution is 0.0256. The van der Waals surface area contributed by atoms with Crippen molar-refractivity contribution in [1.82, 2.24) is 0 Å². The van der Waals surface area contributed by atoms with Gasteiger partial charge in [0.1, 0.15) is 18.1 Å². The van der Waals surface area contributed by atoms with Crippen molar-refractivity contribution in [3.8, 4) is 11.5 Å². The molecule has 0 amide bonds. The first kappa shape index (κ1) is 22.1. The third-order valence-electron chi connectivity index (χ3n) is 5.12. The van der Waals surface area contributed by atoms with Gasteiger partial charge in [0.2, 0.25) is 0 Å². The molecular formula is C23H28N4O4. The second-order valence-electron chi connectivity index (χ2n) is 7.53. The fourth-order valence-corrected chi connectivity index (χ4v) is 3.53. The molecule has 3 unspecified atom stereocenters. The van der Waals surface area contributed by atoms with E-state index < -0.39 is 18.1 Å². The number of anilines is 4. The highest BCUT2D eigenvalue weighted by Crippen LogP contribution is 2.33. The smallest absolute Gasteiger partial charge is 0.142 e. The maximum absolute atomic E-state index is 11.0. The fourth-order valence-electron chi connectivity index (χ4n) is 3.53. The van der Waals surface area contributed by atoms with E-state index in [9.17, 15) is 15.3 Å². The van der Waals surface area contributed by atoms with Gasteiger partial charge in [0.05, 0.1) is 17.9 Å². The molecule has 3 rings (SSSR count). The van der Waals surface area contributed by atoms with E-state index in [2.05, 4.69) is 0 Å². The molecule has 0 heterocycles. The molecule has 11 N–H and O–H groups in total. The SMILES string of the molecule is Nc1ccc(OCC(O)C(c2cc(N)ccc2N)C(O)Cc2ccc(O)cc2)c(N)c1. The average molecular weight is 425 g/mol. The molecule has 0 fully saturated rings. The Kier molecular flexibility index (Phi) is 6.74. The third-order valence-corrected chi connectivity index (χ3v) is 5.12. The molecule has 164 valence electrons. The normalized spacial score (nSPS) is 14.0. The highest BCUT2D eigenvalue weighted by molar-refractivity contribution is 5.60. The molecule has 3 aromatic carbocycles. The Labute approximate surface area is 180 Å². The lowest BCUT2D eigenvalue weighted by Gasteiger charge is -2.29. The van der Waals surface area contributed by atoms with Crippen molar-refractivity contribution in [2.24, 2.45) is 0 Å². The zero-order valence-electron chi connectivity index (χ0n) is 17.0. The van der Waals surface area contributed by atoms with Crippen molar-refractivity contribution in [1.29, 1.82) is 0 Å². The topological polar surface area (TPSA) is 174 Å². The lowest BCUT2D eigenvalue weighted by atomic mass is 9.84. The van der Waals surface area contributed by atoms with E-state index >= 15 is 0 Å². The molecule has 0 aromatic heterocycles. The summed E-state index contributed by atoms with van der Waals surface area (Å²) >= 11 is 0. The molecule has 0 aliphatic rings. The van der Waals surface area contributed by atoms with E-state index in [-0.39, 0.29) is 18.8 Å². The Morgan fingerprint density at radius 2 is 1.39 bits per heavy atom. The number of nitrogens with two attached hydrogens (primary N) is 4. The van der Waals surface area contributed by atoms with Crippen LogP contribution >= 0.6 is 0 Å². The number of phenolic OH excluding ortho intramolecular Hbond substituents is 1. The minimum Gasteiger partial charge on any atom is -0.508 e. The molecule has 0 saturated carbocycles. The Balaban J connectivity index is 1.85. The van der Waals surface area contributed by atoms with Gasteiger partial charge in [0, 0.05) is 23.0 Å². The summed E-state index contributed by atoms with van der Waals surface area (Å²) in [4.78, 5) is 0. The van der Waals surface area contributed by atoms with Gasteiger partial charge >= 0.3 is 0 Å². The van der Waals surface area contributed by atoms with Crippen LogP contribution in [0, 0.1) is 0 Å². The van der Waals surface area contributed by atoms with Crippen LogP contribution in [0.1, 0.15) is 17.0 Å². The summed E-state index contributed by atoms with van der Waals surface area (Å²) in [5.41, 5.74) is 26.7. The van der Waals surface area contributed by atoms with E-state index in [4.69, 9.17) is 27.7 Å². The molecule has 0 bridgehead atoms. The number of aliphatic hydroxyl groups is 2. The molecule has 0 saturated heterocycles. The van der Waals surface area contributed by atoms with Crippen molar-refractivity contribution >= 4 is 22.7 Å². The summed E-state index contributed by atoms with van der Waals surface area (Å²) in [5, 5.41) is 31.5. The van der Waals surface area contributed by atoms with Crippen molar-refractivity contribution in [2.75, 3.05) is 29.5 Å². The van der Waals surface area contributed by atoms with Crippen LogP contribution in [0.25, 0.3) is 0 Å². The van der Waals surface area contributed by atoms with Gasteiger partial charge in [-0.25, -0.2) is 0 Å². The number of aliphatic hydroxyl groups excluding tert-OH is 2. The lowest BCUT2D eigenvalue weighted by Crippen LogP contribution is -2.35. The number of hydrogen-bond acceptors (Lipinski definition) is 8. The number of benzene rings is 3. The molecule has 8 heteroatoms. The largest absolute Gasteiger partial charge is 0.508 e. The zero-order chi connectivity index (χ0) is 22.5. The number of hydrogen-bond donors (Lipinski definition) is 7. The van der Waals surface area contributed by atoms with Crippen LogP contribution in [0.3, 0.4) is 0 Å². The second-order valence-corrected chi connectivity index (χ2v) is 7.53. The molecule has 3 atom stereocenters. The number of nitrogen functional groups attached to an aromatic ring is 4. The Bertz CT molecular complexity index is 1030. The molecule has 0 aliphatic carbocycles. The van der Waals surface area contributed by atoms with Crippen molar-refractivity contribution in [3.63, 3.8) is 0 Å². The van der Waals surface area contributed by atoms with E-state index in [1.54, 1.807) is 48.5 Å². The molecular weight excluding hydrogens is 396 g/mol. The minimum atomic E-state index is -1.12. The van der Waals surface area contributed by atoms with E-state index in [0.717, 1.165) is 5.56 Å². The van der Waals surface area contributed by atoms with Gasteiger partial charge in [-0.05, 0) is 66.1 Å². The van der Waals surface area contributed by atoms with E-state index in [1.807, 2.05) is 0 Å². The number of rotatable bonds is 8. The maximum Gasteiger partial charge on any atom is 0.142 e. The van der Waals surface area contributed by atoms with Crippen LogP contribution in [0.4, 0.5) is 22.7 Å². The summed E-state index contributed by atoms with van der Waals surface area (Å²) in [6.07, 6.45) is -1.90. The predicted molar refractivity (Wildman–Crippen MR) is 123 cm³/mol. The van der Waals surface area contributed by atoms with Gasteiger partial charge in [-0.15, -0.1) is 0 Å². The third kappa shape index (κ3) is 5.50. The highest BCUT2D eigenvalue weighted by Gasteiger charge is 2.31. The highest BCUT2D eigenvalue weighted by atomic mass is 16.5. The van der Waals surface area contributed by atoms with Gasteiger partial charge in [0.25, 0.3) is 0 Å². The van der Waals surface area contributed by atoms with Crippen LogP contribution in [0.15, 0.2) is 60.7 Å². The zero-order valence-corrected chi connectivity index (χ0v) is 17.0. The first-order chi connectivity index (χ1) is 14.7. The average Bonchev–Trinajstić information content (AvgIpc) is 2.72. The van der Waals surface area contributed by atoms with Crippen LogP contribution in [0.5, 0.6) is 11.5 Å². The van der Waals surface area contributed by atoms with Gasteiger partial charge in [0.15, 0.2) is 0 Å². The molecule has 8 nitrogen and oxygen atoms in total. The quantitative estimate of drug-likeness (QED) is 0.268. The molecule has 3 aromatic rings. The monoisotopic (exact) mass is 424 g/mol. The van der Waals surface area contributed by atoms with Crippen molar-refractivity contribution < 1.29 is 20.1 Å². The number of ether oxygens (including phenoxy) is 1. The number of aromatic hydroxyl groups is 1. The van der Waals surface area contributed by atoms with Crippen molar-refractivity contribution in [3.05, 3.63) is 71.8 Å². The molecule has 0 aliphatic heterocycles.